The van der Waals surface area contributed by atoms with E-state index in [1.807, 2.05) is 0 Å². The quantitative estimate of drug-likeness (QED) is 0.241. The maximum Gasteiger partial charge on any atom is 0.525 e. The van der Waals surface area contributed by atoms with E-state index in [0.29, 0.717) is 28.2 Å². The lowest BCUT2D eigenvalue weighted by atomic mass is 9.66. The summed E-state index contributed by atoms with van der Waals surface area (Å²) in [5, 5.41) is 22.0. The molecule has 3 fully saturated rings. The van der Waals surface area contributed by atoms with Crippen LogP contribution >= 0.6 is 7.82 Å². The van der Waals surface area contributed by atoms with Crippen LogP contribution in [0.1, 0.15) is 35.6 Å². The average molecular weight is 669 g/mol. The summed E-state index contributed by atoms with van der Waals surface area (Å²) < 4.78 is 68.1. The van der Waals surface area contributed by atoms with Gasteiger partial charge in [-0.1, -0.05) is 0 Å². The number of phosphoric ester groups is 1. The van der Waals surface area contributed by atoms with Crippen LogP contribution in [0.25, 0.3) is 0 Å². The van der Waals surface area contributed by atoms with E-state index < -0.39 is 74.6 Å². The van der Waals surface area contributed by atoms with Crippen molar-refractivity contribution >= 4 is 13.8 Å². The number of ether oxygens (including phenoxy) is 9. The molecular formula is C29H33O16P. The van der Waals surface area contributed by atoms with E-state index in [-0.39, 0.29) is 37.3 Å². The summed E-state index contributed by atoms with van der Waals surface area (Å²) in [4.78, 5) is 32.5. The second-order valence-electron chi connectivity index (χ2n) is 11.6. The highest BCUT2D eigenvalue weighted by atomic mass is 31.2. The molecule has 0 spiro atoms. The summed E-state index contributed by atoms with van der Waals surface area (Å²) in [7, 11) is -2.40. The van der Waals surface area contributed by atoms with Gasteiger partial charge in [-0.05, 0) is 47.9 Å². The van der Waals surface area contributed by atoms with Crippen LogP contribution in [-0.2, 0) is 33.0 Å². The van der Waals surface area contributed by atoms with Crippen molar-refractivity contribution in [1.29, 1.82) is 0 Å². The topological polar surface area (TPSA) is 207 Å². The zero-order valence-electron chi connectivity index (χ0n) is 24.8. The largest absolute Gasteiger partial charge is 0.525 e. The van der Waals surface area contributed by atoms with Gasteiger partial charge in [-0.25, -0.2) is 4.57 Å². The molecule has 0 radical (unpaired) electrons. The number of aliphatic hydroxyl groups excluding tert-OH is 2. The second-order valence-corrected chi connectivity index (χ2v) is 12.7. The number of rotatable bonds is 7. The molecule has 2 aromatic rings. The van der Waals surface area contributed by atoms with Gasteiger partial charge in [-0.15, -0.1) is 0 Å². The van der Waals surface area contributed by atoms with Gasteiger partial charge in [0.1, 0.15) is 24.4 Å². The van der Waals surface area contributed by atoms with Crippen LogP contribution in [-0.4, -0.2) is 97.2 Å². The van der Waals surface area contributed by atoms with Gasteiger partial charge in [0.2, 0.25) is 12.5 Å². The average Bonchev–Trinajstić information content (AvgIpc) is 3.64. The molecular weight excluding hydrogens is 635 g/mol. The summed E-state index contributed by atoms with van der Waals surface area (Å²) in [6, 6.07) is 6.47. The van der Waals surface area contributed by atoms with Crippen LogP contribution in [0.15, 0.2) is 24.3 Å². The minimum atomic E-state index is -5.00. The van der Waals surface area contributed by atoms with Crippen molar-refractivity contribution in [1.82, 2.24) is 0 Å². The monoisotopic (exact) mass is 668 g/mol. The van der Waals surface area contributed by atoms with E-state index in [2.05, 4.69) is 0 Å². The number of fused-ring (bicyclic) bond motifs is 4. The molecule has 3 saturated heterocycles. The van der Waals surface area contributed by atoms with Gasteiger partial charge in [0.15, 0.2) is 35.6 Å². The first-order chi connectivity index (χ1) is 22.0. The Bertz CT molecular complexity index is 1530. The Morgan fingerprint density at radius 2 is 1.57 bits per heavy atom. The maximum atomic E-state index is 13.5. The van der Waals surface area contributed by atoms with Gasteiger partial charge >= 0.3 is 13.8 Å². The predicted octanol–water partition coefficient (Wildman–Crippen LogP) is 1.10. The van der Waals surface area contributed by atoms with Crippen molar-refractivity contribution in [2.75, 3.05) is 34.2 Å². The van der Waals surface area contributed by atoms with Crippen molar-refractivity contribution in [3.63, 3.8) is 0 Å². The summed E-state index contributed by atoms with van der Waals surface area (Å²) in [6.45, 7) is 1.72. The first-order valence-electron chi connectivity index (χ1n) is 14.5. The van der Waals surface area contributed by atoms with Crippen molar-refractivity contribution in [3.05, 3.63) is 41.0 Å². The minimum Gasteiger partial charge on any atom is -0.493 e. The lowest BCUT2D eigenvalue weighted by Crippen LogP contribution is -2.63. The highest BCUT2D eigenvalue weighted by molar-refractivity contribution is 7.46. The number of hydrogen-bond donors (Lipinski definition) is 4. The molecule has 0 saturated carbocycles. The predicted molar refractivity (Wildman–Crippen MR) is 149 cm³/mol. The van der Waals surface area contributed by atoms with Crippen molar-refractivity contribution in [2.24, 2.45) is 11.8 Å². The molecule has 5 aliphatic rings. The Morgan fingerprint density at radius 3 is 2.22 bits per heavy atom. The minimum absolute atomic E-state index is 0.0303. The van der Waals surface area contributed by atoms with Gasteiger partial charge in [-0.3, -0.25) is 14.6 Å². The van der Waals surface area contributed by atoms with Gasteiger partial charge in [0, 0.05) is 11.8 Å². The zero-order chi connectivity index (χ0) is 32.5. The molecule has 4 heterocycles. The molecule has 4 aliphatic heterocycles. The molecule has 10 atom stereocenters. The molecule has 46 heavy (non-hydrogen) atoms. The van der Waals surface area contributed by atoms with Gasteiger partial charge in [-0.2, -0.15) is 0 Å². The van der Waals surface area contributed by atoms with Crippen molar-refractivity contribution < 1.29 is 76.5 Å². The third-order valence-electron chi connectivity index (χ3n) is 8.94. The molecule has 7 rings (SSSR count). The Hall–Kier alpha value is -3.18. The molecule has 17 heteroatoms. The van der Waals surface area contributed by atoms with Crippen LogP contribution in [0.3, 0.4) is 0 Å². The number of cyclic esters (lactones) is 1. The van der Waals surface area contributed by atoms with Gasteiger partial charge in [0.05, 0.1) is 39.5 Å². The van der Waals surface area contributed by atoms with E-state index in [0.717, 1.165) is 0 Å². The number of carbonyl (C=O) groups is 1. The summed E-state index contributed by atoms with van der Waals surface area (Å²) in [5.74, 6) is -2.25. The Labute approximate surface area is 262 Å². The summed E-state index contributed by atoms with van der Waals surface area (Å²) >= 11 is 0. The van der Waals surface area contributed by atoms with Crippen LogP contribution in [0, 0.1) is 11.8 Å². The number of hydrogen-bond acceptors (Lipinski definition) is 14. The second kappa shape index (κ2) is 11.8. The van der Waals surface area contributed by atoms with E-state index in [9.17, 15) is 29.4 Å². The maximum absolute atomic E-state index is 13.5. The number of carbonyl (C=O) groups excluding carboxylic acids is 1. The fourth-order valence-electron chi connectivity index (χ4n) is 6.93. The number of methoxy groups -OCH3 is 2. The molecule has 4 N–H and O–H groups in total. The number of phosphoric acid groups is 1. The lowest BCUT2D eigenvalue weighted by Gasteiger charge is -2.47. The Morgan fingerprint density at radius 1 is 0.891 bits per heavy atom. The van der Waals surface area contributed by atoms with Crippen LogP contribution in [0.4, 0.5) is 0 Å². The Kier molecular flexibility index (Phi) is 8.07. The normalized spacial score (nSPS) is 34.6. The van der Waals surface area contributed by atoms with Crippen molar-refractivity contribution in [3.8, 4) is 28.7 Å². The lowest BCUT2D eigenvalue weighted by molar-refractivity contribution is -0.364. The summed E-state index contributed by atoms with van der Waals surface area (Å²) in [6.07, 6.45) is -7.18. The third-order valence-corrected chi connectivity index (χ3v) is 9.36. The van der Waals surface area contributed by atoms with Gasteiger partial charge in [0.25, 0.3) is 0 Å². The van der Waals surface area contributed by atoms with Crippen molar-refractivity contribution in [2.45, 2.75) is 55.9 Å². The molecule has 0 amide bonds. The summed E-state index contributed by atoms with van der Waals surface area (Å²) in [5.41, 5.74) is 1.65. The van der Waals surface area contributed by atoms with Crippen LogP contribution in [0.2, 0.25) is 0 Å². The molecule has 0 bridgehead atoms. The van der Waals surface area contributed by atoms with E-state index >= 15 is 0 Å². The molecule has 250 valence electrons. The zero-order valence-corrected chi connectivity index (χ0v) is 25.7. The molecule has 0 aromatic heterocycles. The first-order valence-corrected chi connectivity index (χ1v) is 16.1. The molecule has 16 nitrogen and oxygen atoms in total. The third kappa shape index (κ3) is 5.37. The van der Waals surface area contributed by atoms with E-state index in [1.165, 1.54) is 26.4 Å². The highest BCUT2D eigenvalue weighted by Crippen LogP contribution is 2.57. The fourth-order valence-corrected chi connectivity index (χ4v) is 7.35. The fraction of sp³-hybridized carbons (Fsp3) is 0.552. The number of benzene rings is 2. The van der Waals surface area contributed by atoms with Crippen LogP contribution < -0.4 is 23.5 Å². The standard InChI is InChI=1S/C29H33O16P/c1-11-38-9-20-27(42-11)23(30)24(31)29(43-20)44-25-14-7-17-16(40-10-41-17)6-13(14)21(22-15(25)8-39-28(22)32)12-4-18(36-2)26(19(5-12)37-3)45-46(33,34)35/h4-7,11,15,20-25,27,29-31H,8-10H2,1-3H3,(H2,33,34,35)/t11-,15-,20-,21-,22+,23-,24-,25-,27-,29+/m1/s1. The van der Waals surface area contributed by atoms with E-state index in [1.54, 1.807) is 19.1 Å². The molecule has 2 aromatic carbocycles. The molecule has 0 unspecified atom stereocenters. The van der Waals surface area contributed by atoms with Gasteiger partial charge < -0.3 is 57.4 Å². The van der Waals surface area contributed by atoms with Crippen LogP contribution in [0.5, 0.6) is 28.7 Å². The highest BCUT2D eigenvalue weighted by Gasteiger charge is 2.56. The SMILES string of the molecule is COc1cc([C@@H]2c3cc4c(cc3[C@@H](O[C@@H]3O[C@@H]5CO[C@@H](C)O[C@H]5[C@H](O)[C@H]3O)[C@@H]3COC(=O)[C@H]23)OCO4)cc(OC)c1OP(=O)(O)O. The molecule has 1 aliphatic carbocycles. The number of esters is 1. The Balaban J connectivity index is 1.32. The number of aliphatic hydroxyl groups is 2. The van der Waals surface area contributed by atoms with E-state index in [4.69, 9.17) is 47.2 Å². The first kappa shape index (κ1) is 31.4. The smallest absolute Gasteiger partial charge is 0.493 e.